The number of ether oxygens (including phenoxy) is 3. The number of hydrogen-bond acceptors (Lipinski definition) is 8. The number of nitrogens with one attached hydrogen (secondary N) is 1. The van der Waals surface area contributed by atoms with Crippen molar-refractivity contribution in [2.45, 2.75) is 117 Å². The second-order valence-electron chi connectivity index (χ2n) is 14.7. The minimum Gasteiger partial charge on any atom is -0.466 e. The minimum atomic E-state index is -0.623. The Hall–Kier alpha value is -2.16. The molecule has 4 aliphatic carbocycles. The SMILES string of the molecule is CC(=O)OC[C@H](C)[C@H]1CC[C@H]2[C@@H]3CC[C@H]4C[C@@H](OC(C)=O)CC[C@]4(C(=O)NCC(=O)OC(C)(C)C)[C@H]3CC[C@]12CCN. The van der Waals surface area contributed by atoms with Crippen molar-refractivity contribution in [3.63, 3.8) is 0 Å². The highest BCUT2D eigenvalue weighted by Gasteiger charge is 2.65. The molecule has 4 rings (SSSR count). The van der Waals surface area contributed by atoms with Crippen LogP contribution in [0.25, 0.3) is 0 Å². The minimum absolute atomic E-state index is 0.0431. The summed E-state index contributed by atoms with van der Waals surface area (Å²) in [7, 11) is 0. The van der Waals surface area contributed by atoms with Crippen molar-refractivity contribution in [1.29, 1.82) is 0 Å². The Morgan fingerprint density at radius 1 is 0.952 bits per heavy atom. The number of amides is 1. The first-order chi connectivity index (χ1) is 19.7. The van der Waals surface area contributed by atoms with E-state index in [-0.39, 0.29) is 53.7 Å². The molecule has 0 bridgehead atoms. The van der Waals surface area contributed by atoms with Crippen LogP contribution in [-0.4, -0.2) is 55.2 Å². The molecule has 4 fully saturated rings. The summed E-state index contributed by atoms with van der Waals surface area (Å²) >= 11 is 0. The first kappa shape index (κ1) is 32.7. The molecule has 0 saturated heterocycles. The second-order valence-corrected chi connectivity index (χ2v) is 14.7. The summed E-state index contributed by atoms with van der Waals surface area (Å²) in [5.41, 5.74) is 5.14. The molecule has 0 aromatic carbocycles. The lowest BCUT2D eigenvalue weighted by atomic mass is 9.43. The largest absolute Gasteiger partial charge is 0.466 e. The molecule has 0 aromatic heterocycles. The quantitative estimate of drug-likeness (QED) is 0.295. The van der Waals surface area contributed by atoms with Crippen LogP contribution in [0.4, 0.5) is 0 Å². The van der Waals surface area contributed by atoms with Crippen LogP contribution in [0, 0.1) is 46.3 Å². The molecular weight excluding hydrogens is 536 g/mol. The number of fused-ring (bicyclic) bond motifs is 5. The van der Waals surface area contributed by atoms with Crippen molar-refractivity contribution in [2.75, 3.05) is 19.7 Å². The van der Waals surface area contributed by atoms with E-state index in [4.69, 9.17) is 19.9 Å². The predicted molar refractivity (Wildman–Crippen MR) is 158 cm³/mol. The molecule has 4 aliphatic rings. The lowest BCUT2D eigenvalue weighted by molar-refractivity contribution is -0.177. The smallest absolute Gasteiger partial charge is 0.325 e. The number of rotatable bonds is 9. The van der Waals surface area contributed by atoms with Crippen molar-refractivity contribution < 1.29 is 33.4 Å². The Labute approximate surface area is 251 Å². The van der Waals surface area contributed by atoms with E-state index < -0.39 is 17.0 Å². The number of nitrogens with two attached hydrogens (primary N) is 1. The number of carbonyl (C=O) groups is 4. The summed E-state index contributed by atoms with van der Waals surface area (Å²) in [6, 6.07) is 0. The highest BCUT2D eigenvalue weighted by Crippen LogP contribution is 2.69. The van der Waals surface area contributed by atoms with Gasteiger partial charge in [0.2, 0.25) is 5.91 Å². The van der Waals surface area contributed by atoms with Crippen LogP contribution in [0.1, 0.15) is 106 Å². The Bertz CT molecular complexity index is 1020. The van der Waals surface area contributed by atoms with Crippen molar-refractivity contribution in [3.05, 3.63) is 0 Å². The van der Waals surface area contributed by atoms with Gasteiger partial charge in [-0.05, 0) is 132 Å². The normalized spacial score (nSPS) is 36.5. The molecule has 9 nitrogen and oxygen atoms in total. The molecule has 0 unspecified atom stereocenters. The van der Waals surface area contributed by atoms with Gasteiger partial charge in [-0.15, -0.1) is 0 Å². The topological polar surface area (TPSA) is 134 Å². The Morgan fingerprint density at radius 2 is 1.69 bits per heavy atom. The molecule has 0 spiro atoms. The molecule has 0 aromatic rings. The zero-order valence-corrected chi connectivity index (χ0v) is 26.7. The van der Waals surface area contributed by atoms with E-state index in [0.717, 1.165) is 44.9 Å². The molecule has 3 N–H and O–H groups in total. The van der Waals surface area contributed by atoms with Gasteiger partial charge in [0.25, 0.3) is 0 Å². The Balaban J connectivity index is 1.61. The number of carbonyl (C=O) groups excluding carboxylic acids is 4. The summed E-state index contributed by atoms with van der Waals surface area (Å²) in [6.45, 7) is 11.5. The Kier molecular flexibility index (Phi) is 10.0. The average molecular weight is 591 g/mol. The zero-order valence-electron chi connectivity index (χ0n) is 26.7. The van der Waals surface area contributed by atoms with Gasteiger partial charge in [0.15, 0.2) is 0 Å². The average Bonchev–Trinajstić information content (AvgIpc) is 3.28. The van der Waals surface area contributed by atoms with Crippen LogP contribution in [0.5, 0.6) is 0 Å². The molecule has 9 heteroatoms. The van der Waals surface area contributed by atoms with Gasteiger partial charge < -0.3 is 25.3 Å². The molecule has 9 atom stereocenters. The van der Waals surface area contributed by atoms with Crippen LogP contribution in [0.3, 0.4) is 0 Å². The summed E-state index contributed by atoms with van der Waals surface area (Å²) in [6.07, 6.45) is 8.85. The van der Waals surface area contributed by atoms with Crippen LogP contribution in [-0.2, 0) is 33.4 Å². The van der Waals surface area contributed by atoms with Crippen LogP contribution < -0.4 is 11.1 Å². The fraction of sp³-hybridized carbons (Fsp3) is 0.879. The van der Waals surface area contributed by atoms with Gasteiger partial charge in [0.1, 0.15) is 18.2 Å². The zero-order chi connectivity index (χ0) is 30.9. The van der Waals surface area contributed by atoms with Gasteiger partial charge >= 0.3 is 17.9 Å². The van der Waals surface area contributed by atoms with E-state index >= 15 is 0 Å². The molecule has 0 radical (unpaired) electrons. The van der Waals surface area contributed by atoms with E-state index in [2.05, 4.69) is 12.2 Å². The third kappa shape index (κ3) is 6.51. The predicted octanol–water partition coefficient (Wildman–Crippen LogP) is 4.54. The van der Waals surface area contributed by atoms with Crippen LogP contribution >= 0.6 is 0 Å². The second kappa shape index (κ2) is 12.8. The van der Waals surface area contributed by atoms with E-state index in [1.165, 1.54) is 13.8 Å². The van der Waals surface area contributed by atoms with E-state index in [1.807, 2.05) is 20.8 Å². The van der Waals surface area contributed by atoms with Crippen LogP contribution in [0.2, 0.25) is 0 Å². The molecule has 42 heavy (non-hydrogen) atoms. The molecule has 238 valence electrons. The van der Waals surface area contributed by atoms with Crippen molar-refractivity contribution in [2.24, 2.45) is 52.1 Å². The fourth-order valence-corrected chi connectivity index (χ4v) is 10.2. The number of esters is 3. The van der Waals surface area contributed by atoms with Crippen molar-refractivity contribution in [1.82, 2.24) is 5.32 Å². The van der Waals surface area contributed by atoms with E-state index in [0.29, 0.717) is 50.2 Å². The third-order valence-electron chi connectivity index (χ3n) is 11.3. The molecule has 1 amide bonds. The summed E-state index contributed by atoms with van der Waals surface area (Å²) in [5, 5.41) is 3.01. The van der Waals surface area contributed by atoms with Gasteiger partial charge in [-0.3, -0.25) is 19.2 Å². The van der Waals surface area contributed by atoms with Gasteiger partial charge in [-0.2, -0.15) is 0 Å². The monoisotopic (exact) mass is 590 g/mol. The van der Waals surface area contributed by atoms with Crippen molar-refractivity contribution in [3.8, 4) is 0 Å². The highest BCUT2D eigenvalue weighted by atomic mass is 16.6. The number of hydrogen-bond donors (Lipinski definition) is 2. The third-order valence-corrected chi connectivity index (χ3v) is 11.3. The first-order valence-corrected chi connectivity index (χ1v) is 16.2. The fourth-order valence-electron chi connectivity index (χ4n) is 10.2. The van der Waals surface area contributed by atoms with Gasteiger partial charge in [0.05, 0.1) is 12.0 Å². The van der Waals surface area contributed by atoms with Crippen molar-refractivity contribution >= 4 is 23.8 Å². The molecule has 0 aliphatic heterocycles. The van der Waals surface area contributed by atoms with Gasteiger partial charge in [0, 0.05) is 13.8 Å². The summed E-state index contributed by atoms with van der Waals surface area (Å²) in [5.74, 6) is 0.842. The van der Waals surface area contributed by atoms with Crippen LogP contribution in [0.15, 0.2) is 0 Å². The molecule has 0 heterocycles. The van der Waals surface area contributed by atoms with E-state index in [9.17, 15) is 19.2 Å². The maximum absolute atomic E-state index is 14.3. The summed E-state index contributed by atoms with van der Waals surface area (Å²) in [4.78, 5) is 50.3. The standard InChI is InChI=1S/C33H54N2O7/c1-20(19-40-21(2)36)26-9-10-27-25-8-7-23-17-24(41-22(3)37)11-14-33(23,28(25)12-13-32(26,27)15-16-34)30(39)35-18-29(38)42-31(4,5)6/h20,23-28H,7-19,34H2,1-6H3,(H,35,39)/t20-,23-,24-,25-,26+,27-,28-,32-,33+/m0/s1. The van der Waals surface area contributed by atoms with Gasteiger partial charge in [-0.1, -0.05) is 6.92 Å². The lowest BCUT2D eigenvalue weighted by Gasteiger charge is -2.61. The molecule has 4 saturated carbocycles. The molecular formula is C33H54N2O7. The maximum Gasteiger partial charge on any atom is 0.325 e. The highest BCUT2D eigenvalue weighted by molar-refractivity contribution is 5.87. The maximum atomic E-state index is 14.3. The first-order valence-electron chi connectivity index (χ1n) is 16.2. The lowest BCUT2D eigenvalue weighted by Crippen LogP contribution is -2.62. The van der Waals surface area contributed by atoms with E-state index in [1.54, 1.807) is 0 Å². The van der Waals surface area contributed by atoms with Gasteiger partial charge in [-0.25, -0.2) is 0 Å². The Morgan fingerprint density at radius 3 is 2.33 bits per heavy atom. The summed E-state index contributed by atoms with van der Waals surface area (Å²) < 4.78 is 16.6.